The number of thiophene rings is 1. The third kappa shape index (κ3) is 2.70. The molecule has 106 valence electrons. The van der Waals surface area contributed by atoms with Gasteiger partial charge in [-0.25, -0.2) is 0 Å². The summed E-state index contributed by atoms with van der Waals surface area (Å²) < 4.78 is 0. The van der Waals surface area contributed by atoms with Gasteiger partial charge in [-0.2, -0.15) is 0 Å². The van der Waals surface area contributed by atoms with E-state index in [9.17, 15) is 4.79 Å². The van der Waals surface area contributed by atoms with E-state index in [4.69, 9.17) is 5.73 Å². The van der Waals surface area contributed by atoms with Gasteiger partial charge in [0.25, 0.3) is 0 Å². The SMILES string of the molecule is CCC(C)[C@H](N)C(=O)N1CCc2sccc2C1CC. The van der Waals surface area contributed by atoms with Crippen LogP contribution in [0.2, 0.25) is 0 Å². The number of fused-ring (bicyclic) bond motifs is 1. The molecule has 1 aliphatic heterocycles. The molecule has 0 saturated carbocycles. The first-order valence-corrected chi connectivity index (χ1v) is 8.10. The van der Waals surface area contributed by atoms with Gasteiger partial charge in [-0.1, -0.05) is 27.2 Å². The fourth-order valence-electron chi connectivity index (χ4n) is 2.79. The predicted octanol–water partition coefficient (Wildman–Crippen LogP) is 2.96. The van der Waals surface area contributed by atoms with Crippen LogP contribution in [0.15, 0.2) is 11.4 Å². The molecule has 0 aromatic carbocycles. The highest BCUT2D eigenvalue weighted by Crippen LogP contribution is 2.35. The van der Waals surface area contributed by atoms with Crippen LogP contribution in [0.4, 0.5) is 0 Å². The zero-order valence-electron chi connectivity index (χ0n) is 12.1. The monoisotopic (exact) mass is 280 g/mol. The molecule has 0 radical (unpaired) electrons. The Bertz CT molecular complexity index is 443. The van der Waals surface area contributed by atoms with Crippen molar-refractivity contribution < 1.29 is 4.79 Å². The van der Waals surface area contributed by atoms with E-state index in [0.29, 0.717) is 0 Å². The van der Waals surface area contributed by atoms with Crippen LogP contribution >= 0.6 is 11.3 Å². The van der Waals surface area contributed by atoms with Gasteiger partial charge in [-0.05, 0) is 35.8 Å². The minimum absolute atomic E-state index is 0.123. The third-order valence-electron chi connectivity index (χ3n) is 4.31. The zero-order valence-corrected chi connectivity index (χ0v) is 12.9. The van der Waals surface area contributed by atoms with Gasteiger partial charge in [0.15, 0.2) is 0 Å². The summed E-state index contributed by atoms with van der Waals surface area (Å²) in [6, 6.07) is 2.03. The molecule has 0 spiro atoms. The van der Waals surface area contributed by atoms with E-state index in [0.717, 1.165) is 25.8 Å². The summed E-state index contributed by atoms with van der Waals surface area (Å²) in [4.78, 5) is 16.0. The van der Waals surface area contributed by atoms with Crippen molar-refractivity contribution in [2.24, 2.45) is 11.7 Å². The number of carbonyl (C=O) groups excluding carboxylic acids is 1. The Kier molecular flexibility index (Phi) is 4.63. The normalized spacial score (nSPS) is 21.9. The van der Waals surface area contributed by atoms with Crippen molar-refractivity contribution in [1.82, 2.24) is 4.90 Å². The van der Waals surface area contributed by atoms with Crippen molar-refractivity contribution in [1.29, 1.82) is 0 Å². The van der Waals surface area contributed by atoms with Crippen molar-refractivity contribution in [3.63, 3.8) is 0 Å². The maximum absolute atomic E-state index is 12.6. The van der Waals surface area contributed by atoms with Gasteiger partial charge in [0.05, 0.1) is 12.1 Å². The molecule has 0 bridgehead atoms. The Hall–Kier alpha value is -0.870. The molecule has 2 heterocycles. The standard InChI is InChI=1S/C15H24N2OS/c1-4-10(3)14(16)15(18)17-8-6-13-11(7-9-19-13)12(17)5-2/h7,9-10,12,14H,4-6,8,16H2,1-3H3/t10?,12?,14-/m0/s1. The molecular formula is C15H24N2OS. The van der Waals surface area contributed by atoms with Gasteiger partial charge >= 0.3 is 0 Å². The van der Waals surface area contributed by atoms with Crippen molar-refractivity contribution in [2.75, 3.05) is 6.54 Å². The highest BCUT2D eigenvalue weighted by molar-refractivity contribution is 7.10. The molecular weight excluding hydrogens is 256 g/mol. The average Bonchev–Trinajstić information content (AvgIpc) is 2.91. The topological polar surface area (TPSA) is 46.3 Å². The number of nitrogens with zero attached hydrogens (tertiary/aromatic N) is 1. The average molecular weight is 280 g/mol. The van der Waals surface area contributed by atoms with E-state index >= 15 is 0 Å². The molecule has 2 unspecified atom stereocenters. The Morgan fingerprint density at radius 1 is 1.58 bits per heavy atom. The highest BCUT2D eigenvalue weighted by atomic mass is 32.1. The zero-order chi connectivity index (χ0) is 14.0. The fraction of sp³-hybridized carbons (Fsp3) is 0.667. The molecule has 3 nitrogen and oxygen atoms in total. The molecule has 2 rings (SSSR count). The molecule has 2 N–H and O–H groups in total. The van der Waals surface area contributed by atoms with E-state index in [1.807, 2.05) is 16.2 Å². The van der Waals surface area contributed by atoms with Gasteiger partial charge in [-0.15, -0.1) is 11.3 Å². The Morgan fingerprint density at radius 3 is 2.95 bits per heavy atom. The number of carbonyl (C=O) groups is 1. The molecule has 4 heteroatoms. The summed E-state index contributed by atoms with van der Waals surface area (Å²) in [6.07, 6.45) is 2.88. The van der Waals surface area contributed by atoms with Gasteiger partial charge < -0.3 is 10.6 Å². The molecule has 1 aromatic rings. The summed E-state index contributed by atoms with van der Waals surface area (Å²) in [5.74, 6) is 0.368. The summed E-state index contributed by atoms with van der Waals surface area (Å²) in [5, 5.41) is 2.13. The van der Waals surface area contributed by atoms with Crippen LogP contribution in [0.3, 0.4) is 0 Å². The van der Waals surface area contributed by atoms with Crippen molar-refractivity contribution in [3.8, 4) is 0 Å². The molecule has 0 aliphatic carbocycles. The molecule has 1 amide bonds. The maximum Gasteiger partial charge on any atom is 0.240 e. The van der Waals surface area contributed by atoms with Crippen molar-refractivity contribution in [2.45, 2.75) is 52.1 Å². The molecule has 0 saturated heterocycles. The summed E-state index contributed by atoms with van der Waals surface area (Å²) in [7, 11) is 0. The number of amides is 1. The van der Waals surface area contributed by atoms with Crippen LogP contribution in [-0.2, 0) is 11.2 Å². The maximum atomic E-state index is 12.6. The lowest BCUT2D eigenvalue weighted by molar-refractivity contribution is -0.136. The van der Waals surface area contributed by atoms with Crippen LogP contribution < -0.4 is 5.73 Å². The van der Waals surface area contributed by atoms with Gasteiger partial charge in [-0.3, -0.25) is 4.79 Å². The quantitative estimate of drug-likeness (QED) is 0.921. The minimum atomic E-state index is -0.362. The first-order valence-electron chi connectivity index (χ1n) is 7.22. The van der Waals surface area contributed by atoms with E-state index in [1.54, 1.807) is 0 Å². The van der Waals surface area contributed by atoms with Crippen molar-refractivity contribution >= 4 is 17.2 Å². The number of rotatable bonds is 4. The molecule has 1 aromatic heterocycles. The van der Waals surface area contributed by atoms with Gasteiger partial charge in [0.1, 0.15) is 0 Å². The molecule has 1 aliphatic rings. The van der Waals surface area contributed by atoms with Crippen LogP contribution in [-0.4, -0.2) is 23.4 Å². The van der Waals surface area contributed by atoms with Crippen LogP contribution in [0, 0.1) is 5.92 Å². The fourth-order valence-corrected chi connectivity index (χ4v) is 3.72. The summed E-state index contributed by atoms with van der Waals surface area (Å²) in [5.41, 5.74) is 7.46. The number of hydrogen-bond acceptors (Lipinski definition) is 3. The minimum Gasteiger partial charge on any atom is -0.334 e. The second-order valence-corrected chi connectivity index (χ2v) is 6.42. The van der Waals surface area contributed by atoms with Gasteiger partial charge in [0.2, 0.25) is 5.91 Å². The van der Waals surface area contributed by atoms with Gasteiger partial charge in [0, 0.05) is 11.4 Å². The summed E-state index contributed by atoms with van der Waals surface area (Å²) in [6.45, 7) is 7.10. The first-order chi connectivity index (χ1) is 9.10. The lowest BCUT2D eigenvalue weighted by Gasteiger charge is -2.37. The van der Waals surface area contributed by atoms with E-state index < -0.39 is 0 Å². The van der Waals surface area contributed by atoms with Crippen LogP contribution in [0.25, 0.3) is 0 Å². The lowest BCUT2D eigenvalue weighted by atomic mass is 9.93. The van der Waals surface area contributed by atoms with E-state index in [-0.39, 0.29) is 23.9 Å². The third-order valence-corrected chi connectivity index (χ3v) is 5.30. The highest BCUT2D eigenvalue weighted by Gasteiger charge is 2.33. The number of nitrogens with two attached hydrogens (primary N) is 1. The number of hydrogen-bond donors (Lipinski definition) is 1. The Balaban J connectivity index is 2.19. The second-order valence-electron chi connectivity index (χ2n) is 5.42. The molecule has 3 atom stereocenters. The van der Waals surface area contributed by atoms with E-state index in [1.165, 1.54) is 10.4 Å². The van der Waals surface area contributed by atoms with Crippen LogP contribution in [0.1, 0.15) is 50.1 Å². The predicted molar refractivity (Wildman–Crippen MR) is 80.2 cm³/mol. The van der Waals surface area contributed by atoms with Crippen LogP contribution in [0.5, 0.6) is 0 Å². The van der Waals surface area contributed by atoms with E-state index in [2.05, 4.69) is 32.2 Å². The molecule has 19 heavy (non-hydrogen) atoms. The van der Waals surface area contributed by atoms with Crippen molar-refractivity contribution in [3.05, 3.63) is 21.9 Å². The first kappa shape index (κ1) is 14.5. The Morgan fingerprint density at radius 2 is 2.32 bits per heavy atom. The Labute approximate surface area is 119 Å². The lowest BCUT2D eigenvalue weighted by Crippen LogP contribution is -2.50. The smallest absolute Gasteiger partial charge is 0.240 e. The molecule has 0 fully saturated rings. The summed E-state index contributed by atoms with van der Waals surface area (Å²) >= 11 is 1.81. The second kappa shape index (κ2) is 6.06. The largest absolute Gasteiger partial charge is 0.334 e.